The Morgan fingerprint density at radius 1 is 0.438 bits per heavy atom. The second-order valence-corrected chi connectivity index (χ2v) is 6.99. The molecule has 13 heteroatoms. The van der Waals surface area contributed by atoms with Crippen LogP contribution in [0.25, 0.3) is 0 Å². The maximum atomic E-state index is 8.51. The van der Waals surface area contributed by atoms with Crippen molar-refractivity contribution in [1.29, 1.82) is 0 Å². The van der Waals surface area contributed by atoms with E-state index in [-0.39, 0.29) is 64.7 Å². The van der Waals surface area contributed by atoms with Crippen LogP contribution in [0.2, 0.25) is 0 Å². The minimum Gasteiger partial charge on any atom is -0.396 e. The van der Waals surface area contributed by atoms with E-state index in [2.05, 4.69) is 0 Å². The molecule has 0 aromatic heterocycles. The molecule has 0 spiro atoms. The minimum atomic E-state index is -1.11. The zero-order valence-corrected chi connectivity index (χ0v) is 18.7. The van der Waals surface area contributed by atoms with Gasteiger partial charge in [-0.25, -0.2) is 0 Å². The molecular weight excluding hydrogens is 436 g/mol. The van der Waals surface area contributed by atoms with E-state index >= 15 is 0 Å². The summed E-state index contributed by atoms with van der Waals surface area (Å²) < 4.78 is 0. The number of hydrogen-bond donors (Lipinski definition) is 13. The van der Waals surface area contributed by atoms with Gasteiger partial charge in [0.25, 0.3) is 0 Å². The van der Waals surface area contributed by atoms with Crippen LogP contribution in [0.3, 0.4) is 0 Å². The lowest BCUT2D eigenvalue weighted by atomic mass is 9.93. The molecule has 0 saturated heterocycles. The van der Waals surface area contributed by atoms with E-state index in [1.165, 1.54) is 0 Å². The molecule has 0 aliphatic carbocycles. The van der Waals surface area contributed by atoms with Crippen molar-refractivity contribution < 1.29 is 66.4 Å². The van der Waals surface area contributed by atoms with Crippen molar-refractivity contribution in [1.82, 2.24) is 0 Å². The van der Waals surface area contributed by atoms with Gasteiger partial charge in [0.2, 0.25) is 0 Å². The molecule has 200 valence electrons. The van der Waals surface area contributed by atoms with Gasteiger partial charge in [0, 0.05) is 51.5 Å². The van der Waals surface area contributed by atoms with Gasteiger partial charge in [-0.1, -0.05) is 0 Å². The predicted molar refractivity (Wildman–Crippen MR) is 114 cm³/mol. The van der Waals surface area contributed by atoms with E-state index in [9.17, 15) is 0 Å². The van der Waals surface area contributed by atoms with Crippen LogP contribution in [-0.4, -0.2) is 152 Å². The summed E-state index contributed by atoms with van der Waals surface area (Å²) in [6.07, 6.45) is 0.882. The molecule has 0 fully saturated rings. The number of aliphatic hydroxyl groups excluding tert-OH is 13. The summed E-state index contributed by atoms with van der Waals surface area (Å²) in [5.41, 5.74) is -1.11. The summed E-state index contributed by atoms with van der Waals surface area (Å²) in [5.74, 6) is -0.183. The molecule has 13 nitrogen and oxygen atoms in total. The van der Waals surface area contributed by atoms with Gasteiger partial charge in [-0.2, -0.15) is 0 Å². The second kappa shape index (κ2) is 30.5. The highest BCUT2D eigenvalue weighted by molar-refractivity contribution is 4.74. The Hall–Kier alpha value is -0.520. The van der Waals surface area contributed by atoms with Crippen molar-refractivity contribution in [2.75, 3.05) is 79.3 Å². The topological polar surface area (TPSA) is 263 Å². The fourth-order valence-corrected chi connectivity index (χ4v) is 1.40. The highest BCUT2D eigenvalue weighted by atomic mass is 16.3. The zero-order valence-electron chi connectivity index (χ0n) is 18.7. The first-order valence-corrected chi connectivity index (χ1v) is 10.2. The van der Waals surface area contributed by atoms with Crippen LogP contribution < -0.4 is 0 Å². The third-order valence-electron chi connectivity index (χ3n) is 4.10. The van der Waals surface area contributed by atoms with Gasteiger partial charge >= 0.3 is 0 Å². The molecule has 0 heterocycles. The molecule has 0 aromatic rings. The van der Waals surface area contributed by atoms with Gasteiger partial charge in [0.05, 0.1) is 45.1 Å². The molecule has 0 saturated carbocycles. The van der Waals surface area contributed by atoms with E-state index in [0.29, 0.717) is 19.3 Å². The summed E-state index contributed by atoms with van der Waals surface area (Å²) in [6.45, 7) is -2.25. The Balaban J connectivity index is -0.000000165. The van der Waals surface area contributed by atoms with E-state index < -0.39 is 37.9 Å². The first-order valence-electron chi connectivity index (χ1n) is 10.2. The SMILES string of the molecule is OCC(CO)(CO)CO.OCC(O)CO.OCCC(CO)CO.OCCCC(CO)CO. The monoisotopic (exact) mass is 482 g/mol. The number of rotatable bonds is 15. The second-order valence-electron chi connectivity index (χ2n) is 6.99. The summed E-state index contributed by atoms with van der Waals surface area (Å²) >= 11 is 0. The van der Waals surface area contributed by atoms with Crippen LogP contribution in [0.15, 0.2) is 0 Å². The lowest BCUT2D eigenvalue weighted by molar-refractivity contribution is -0.0328. The van der Waals surface area contributed by atoms with E-state index in [1.807, 2.05) is 0 Å². The highest BCUT2D eigenvalue weighted by Crippen LogP contribution is 2.11. The molecular formula is C19H46O13. The summed E-state index contributed by atoms with van der Waals surface area (Å²) in [4.78, 5) is 0. The van der Waals surface area contributed by atoms with Crippen molar-refractivity contribution in [3.05, 3.63) is 0 Å². The first-order chi connectivity index (χ1) is 15.2. The molecule has 0 aromatic carbocycles. The largest absolute Gasteiger partial charge is 0.396 e. The van der Waals surface area contributed by atoms with Crippen LogP contribution >= 0.6 is 0 Å². The van der Waals surface area contributed by atoms with E-state index in [0.717, 1.165) is 0 Å². The lowest BCUT2D eigenvalue weighted by Gasteiger charge is -2.23. The summed E-state index contributed by atoms with van der Waals surface area (Å²) in [7, 11) is 0. The fourth-order valence-electron chi connectivity index (χ4n) is 1.40. The Bertz CT molecular complexity index is 290. The zero-order chi connectivity index (χ0) is 25.8. The van der Waals surface area contributed by atoms with Crippen molar-refractivity contribution in [2.45, 2.75) is 25.4 Å². The average Bonchev–Trinajstić information content (AvgIpc) is 2.85. The molecule has 32 heavy (non-hydrogen) atoms. The van der Waals surface area contributed by atoms with Crippen molar-refractivity contribution in [2.24, 2.45) is 17.3 Å². The molecule has 0 aliphatic heterocycles. The molecule has 13 N–H and O–H groups in total. The van der Waals surface area contributed by atoms with Crippen molar-refractivity contribution in [3.8, 4) is 0 Å². The van der Waals surface area contributed by atoms with E-state index in [1.54, 1.807) is 0 Å². The molecule has 0 radical (unpaired) electrons. The Morgan fingerprint density at radius 3 is 0.906 bits per heavy atom. The average molecular weight is 483 g/mol. The fraction of sp³-hybridized carbons (Fsp3) is 1.00. The first kappa shape index (κ1) is 38.7. The van der Waals surface area contributed by atoms with Crippen molar-refractivity contribution >= 4 is 0 Å². The smallest absolute Gasteiger partial charge is 0.100 e. The molecule has 0 rings (SSSR count). The van der Waals surface area contributed by atoms with Gasteiger partial charge in [-0.3, -0.25) is 0 Å². The van der Waals surface area contributed by atoms with Gasteiger partial charge in [0.15, 0.2) is 0 Å². The molecule has 0 unspecified atom stereocenters. The number of hydrogen-bond acceptors (Lipinski definition) is 13. The normalized spacial score (nSPS) is 10.9. The van der Waals surface area contributed by atoms with Crippen LogP contribution in [0.5, 0.6) is 0 Å². The van der Waals surface area contributed by atoms with E-state index in [4.69, 9.17) is 66.4 Å². The summed E-state index contributed by atoms with van der Waals surface area (Å²) in [5, 5.41) is 108. The Labute approximate surface area is 189 Å². The van der Waals surface area contributed by atoms with Crippen LogP contribution in [0, 0.1) is 17.3 Å². The van der Waals surface area contributed by atoms with Gasteiger partial charge in [0.1, 0.15) is 6.10 Å². The predicted octanol–water partition coefficient (Wildman–Crippen LogP) is -5.40. The maximum absolute atomic E-state index is 8.51. The van der Waals surface area contributed by atoms with Crippen LogP contribution in [-0.2, 0) is 0 Å². The van der Waals surface area contributed by atoms with Gasteiger partial charge in [-0.15, -0.1) is 0 Å². The summed E-state index contributed by atoms with van der Waals surface area (Å²) in [6, 6.07) is 0. The standard InChI is InChI=1S/C6H14O3.C5H12O4.C5H12O3.C3H8O3/c7-3-1-2-6(4-8)5-9;6-1-5(2-7,3-8)4-9;6-2-1-5(3-7)4-8;4-1-3(6)2-5/h6-9H,1-5H2;6-9H,1-4H2;5-8H,1-4H2;3-6H,1-2H2. The Kier molecular flexibility index (Phi) is 36.9. The molecule has 0 bridgehead atoms. The highest BCUT2D eigenvalue weighted by Gasteiger charge is 2.26. The third-order valence-corrected chi connectivity index (χ3v) is 4.10. The van der Waals surface area contributed by atoms with Crippen molar-refractivity contribution in [3.63, 3.8) is 0 Å². The third kappa shape index (κ3) is 25.7. The van der Waals surface area contributed by atoms with Crippen LogP contribution in [0.1, 0.15) is 19.3 Å². The van der Waals surface area contributed by atoms with Gasteiger partial charge in [-0.05, 0) is 19.3 Å². The van der Waals surface area contributed by atoms with Gasteiger partial charge < -0.3 is 66.4 Å². The molecule has 0 amide bonds. The molecule has 0 aliphatic rings. The minimum absolute atomic E-state index is 0.0104. The lowest BCUT2D eigenvalue weighted by Crippen LogP contribution is -2.37. The Morgan fingerprint density at radius 2 is 0.781 bits per heavy atom. The number of aliphatic hydroxyl groups is 13. The quantitative estimate of drug-likeness (QED) is 0.104. The van der Waals surface area contributed by atoms with Crippen LogP contribution in [0.4, 0.5) is 0 Å². The maximum Gasteiger partial charge on any atom is 0.100 e. The molecule has 0 atom stereocenters.